The summed E-state index contributed by atoms with van der Waals surface area (Å²) in [6.45, 7) is 4.20. The number of benzene rings is 4. The van der Waals surface area contributed by atoms with E-state index in [1.54, 1.807) is 48.5 Å². The van der Waals surface area contributed by atoms with Crippen molar-refractivity contribution >= 4 is 17.6 Å². The second kappa shape index (κ2) is 9.63. The number of carbonyl (C=O) groups excluding carboxylic acids is 2. The summed E-state index contributed by atoms with van der Waals surface area (Å²) in [7, 11) is 0. The smallest absolute Gasteiger partial charge is 0.417 e. The molecule has 1 amide bonds. The summed E-state index contributed by atoms with van der Waals surface area (Å²) >= 11 is 0. The van der Waals surface area contributed by atoms with Gasteiger partial charge in [-0.05, 0) is 59.7 Å². The Kier molecular flexibility index (Phi) is 6.46. The summed E-state index contributed by atoms with van der Waals surface area (Å²) in [5.74, 6) is 0.481. The van der Waals surface area contributed by atoms with Crippen LogP contribution in [0.5, 0.6) is 11.5 Å². The predicted molar refractivity (Wildman–Crippen MR) is 133 cm³/mol. The number of aromatic hydroxyl groups is 1. The fourth-order valence-corrected chi connectivity index (χ4v) is 3.70. The van der Waals surface area contributed by atoms with E-state index in [2.05, 4.69) is 19.2 Å². The minimum atomic E-state index is -0.618. The van der Waals surface area contributed by atoms with E-state index in [-0.39, 0.29) is 16.9 Å². The molecule has 4 aromatic carbocycles. The van der Waals surface area contributed by atoms with Gasteiger partial charge in [-0.3, -0.25) is 10.1 Å². The Balaban J connectivity index is 1.37. The first-order valence-corrected chi connectivity index (χ1v) is 10.9. The van der Waals surface area contributed by atoms with Crippen LogP contribution in [0.3, 0.4) is 0 Å². The molecule has 0 atom stereocenters. The van der Waals surface area contributed by atoms with Gasteiger partial charge in [-0.15, -0.1) is 0 Å². The van der Waals surface area contributed by atoms with Gasteiger partial charge in [0.2, 0.25) is 0 Å². The van der Waals surface area contributed by atoms with Crippen molar-refractivity contribution in [3.8, 4) is 11.5 Å². The van der Waals surface area contributed by atoms with Crippen LogP contribution in [0, 0.1) is 0 Å². The first kappa shape index (κ1) is 22.8. The fraction of sp³-hybridized carbons (Fsp3) is 0.103. The molecule has 0 fully saturated rings. The number of nitrogens with one attached hydrogen (secondary N) is 1. The van der Waals surface area contributed by atoms with Crippen molar-refractivity contribution in [2.45, 2.75) is 19.3 Å². The third-order valence-electron chi connectivity index (χ3n) is 5.81. The lowest BCUT2D eigenvalue weighted by Crippen LogP contribution is -2.19. The van der Waals surface area contributed by atoms with Crippen LogP contribution in [-0.4, -0.2) is 17.0 Å². The van der Waals surface area contributed by atoms with Crippen LogP contribution in [0.1, 0.15) is 40.9 Å². The summed E-state index contributed by atoms with van der Waals surface area (Å²) in [4.78, 5) is 24.8. The number of phenols is 1. The number of ketones is 1. The van der Waals surface area contributed by atoms with Gasteiger partial charge in [0.1, 0.15) is 11.5 Å². The number of amides is 1. The van der Waals surface area contributed by atoms with E-state index < -0.39 is 6.09 Å². The zero-order valence-electron chi connectivity index (χ0n) is 19.0. The molecule has 0 radical (unpaired) electrons. The van der Waals surface area contributed by atoms with Gasteiger partial charge in [0.15, 0.2) is 5.78 Å². The summed E-state index contributed by atoms with van der Waals surface area (Å²) in [6, 6.07) is 30.2. The van der Waals surface area contributed by atoms with Crippen LogP contribution in [0.25, 0.3) is 0 Å². The van der Waals surface area contributed by atoms with Crippen molar-refractivity contribution in [3.05, 3.63) is 125 Å². The Morgan fingerprint density at radius 3 is 1.82 bits per heavy atom. The van der Waals surface area contributed by atoms with Crippen LogP contribution in [-0.2, 0) is 5.41 Å². The number of ether oxygens (including phenoxy) is 1. The van der Waals surface area contributed by atoms with Gasteiger partial charge >= 0.3 is 6.09 Å². The standard InChI is InChI=1S/C29H25NO4/c1-29(2,23-12-16-25(31)17-13-23)22-10-14-24(15-11-22)30-28(33)34-26-18-8-21(9-19-26)27(32)20-6-4-3-5-7-20/h3-19,31H,1-2H3,(H,30,33). The Labute approximate surface area is 198 Å². The lowest BCUT2D eigenvalue weighted by molar-refractivity contribution is 0.103. The molecule has 34 heavy (non-hydrogen) atoms. The van der Waals surface area contributed by atoms with Crippen molar-refractivity contribution < 1.29 is 19.4 Å². The molecule has 4 aromatic rings. The zero-order valence-corrected chi connectivity index (χ0v) is 19.0. The first-order valence-electron chi connectivity index (χ1n) is 10.9. The zero-order chi connectivity index (χ0) is 24.1. The molecular weight excluding hydrogens is 426 g/mol. The van der Waals surface area contributed by atoms with Crippen LogP contribution in [0.4, 0.5) is 10.5 Å². The number of rotatable bonds is 6. The van der Waals surface area contributed by atoms with Crippen molar-refractivity contribution in [3.63, 3.8) is 0 Å². The lowest BCUT2D eigenvalue weighted by atomic mass is 9.78. The molecule has 0 unspecified atom stereocenters. The quantitative estimate of drug-likeness (QED) is 0.326. The summed E-state index contributed by atoms with van der Waals surface area (Å²) in [6.07, 6.45) is -0.618. The van der Waals surface area contributed by atoms with Gasteiger partial charge in [-0.1, -0.05) is 68.4 Å². The van der Waals surface area contributed by atoms with Crippen molar-refractivity contribution in [2.24, 2.45) is 0 Å². The first-order chi connectivity index (χ1) is 16.3. The highest BCUT2D eigenvalue weighted by atomic mass is 16.6. The van der Waals surface area contributed by atoms with Gasteiger partial charge in [0.25, 0.3) is 0 Å². The highest BCUT2D eigenvalue weighted by Gasteiger charge is 2.23. The number of hydrogen-bond donors (Lipinski definition) is 2. The maximum Gasteiger partial charge on any atom is 0.417 e. The number of anilines is 1. The molecule has 170 valence electrons. The van der Waals surface area contributed by atoms with Gasteiger partial charge in [-0.2, -0.15) is 0 Å². The average molecular weight is 452 g/mol. The molecule has 5 nitrogen and oxygen atoms in total. The Morgan fingerprint density at radius 2 is 1.24 bits per heavy atom. The molecule has 5 heteroatoms. The molecule has 0 bridgehead atoms. The molecule has 4 rings (SSSR count). The summed E-state index contributed by atoms with van der Waals surface area (Å²) in [5, 5.41) is 12.3. The SMILES string of the molecule is CC(C)(c1ccc(O)cc1)c1ccc(NC(=O)Oc2ccc(C(=O)c3ccccc3)cc2)cc1. The van der Waals surface area contributed by atoms with Crippen LogP contribution in [0.2, 0.25) is 0 Å². The van der Waals surface area contributed by atoms with Crippen LogP contribution < -0.4 is 10.1 Å². The monoisotopic (exact) mass is 451 g/mol. The number of phenolic OH excluding ortho intramolecular Hbond substituents is 1. The molecule has 0 spiro atoms. The molecule has 0 aliphatic rings. The van der Waals surface area contributed by atoms with E-state index in [1.165, 1.54) is 0 Å². The van der Waals surface area contributed by atoms with E-state index in [0.717, 1.165) is 11.1 Å². The topological polar surface area (TPSA) is 75.6 Å². The van der Waals surface area contributed by atoms with E-state index >= 15 is 0 Å². The van der Waals surface area contributed by atoms with Crippen molar-refractivity contribution in [1.82, 2.24) is 0 Å². The molecule has 0 aromatic heterocycles. The third-order valence-corrected chi connectivity index (χ3v) is 5.81. The van der Waals surface area contributed by atoms with Crippen LogP contribution in [0.15, 0.2) is 103 Å². The Hall–Kier alpha value is -4.38. The van der Waals surface area contributed by atoms with Gasteiger partial charge in [-0.25, -0.2) is 4.79 Å². The van der Waals surface area contributed by atoms with E-state index in [9.17, 15) is 14.7 Å². The largest absolute Gasteiger partial charge is 0.508 e. The molecule has 0 aliphatic carbocycles. The van der Waals surface area contributed by atoms with Crippen LogP contribution >= 0.6 is 0 Å². The summed E-state index contributed by atoms with van der Waals surface area (Å²) in [5.41, 5.74) is 3.59. The fourth-order valence-electron chi connectivity index (χ4n) is 3.70. The maximum atomic E-state index is 12.5. The van der Waals surface area contributed by atoms with Crippen molar-refractivity contribution in [2.75, 3.05) is 5.32 Å². The van der Waals surface area contributed by atoms with Gasteiger partial charge in [0.05, 0.1) is 0 Å². The molecule has 0 saturated carbocycles. The second-order valence-electron chi connectivity index (χ2n) is 8.48. The maximum absolute atomic E-state index is 12.5. The van der Waals surface area contributed by atoms with Crippen molar-refractivity contribution in [1.29, 1.82) is 0 Å². The molecule has 0 saturated heterocycles. The highest BCUT2D eigenvalue weighted by Crippen LogP contribution is 2.33. The number of carbonyl (C=O) groups is 2. The normalized spacial score (nSPS) is 11.0. The predicted octanol–water partition coefficient (Wildman–Crippen LogP) is 6.56. The van der Waals surface area contributed by atoms with E-state index in [1.807, 2.05) is 54.6 Å². The highest BCUT2D eigenvalue weighted by molar-refractivity contribution is 6.09. The molecule has 0 heterocycles. The summed E-state index contributed by atoms with van der Waals surface area (Å²) < 4.78 is 5.35. The Bertz CT molecular complexity index is 1280. The van der Waals surface area contributed by atoms with E-state index in [4.69, 9.17) is 4.74 Å². The third kappa shape index (κ3) is 5.15. The molecule has 0 aliphatic heterocycles. The molecular formula is C29H25NO4. The van der Waals surface area contributed by atoms with Gasteiger partial charge in [0, 0.05) is 22.2 Å². The lowest BCUT2D eigenvalue weighted by Gasteiger charge is -2.26. The number of hydrogen-bond acceptors (Lipinski definition) is 4. The minimum absolute atomic E-state index is 0.0908. The molecule has 2 N–H and O–H groups in total. The Morgan fingerprint density at radius 1 is 0.706 bits per heavy atom. The van der Waals surface area contributed by atoms with E-state index in [0.29, 0.717) is 22.6 Å². The average Bonchev–Trinajstić information content (AvgIpc) is 2.85. The second-order valence-corrected chi connectivity index (χ2v) is 8.48. The minimum Gasteiger partial charge on any atom is -0.508 e. The van der Waals surface area contributed by atoms with Gasteiger partial charge < -0.3 is 9.84 Å².